The lowest BCUT2D eigenvalue weighted by Gasteiger charge is -2.15. The van der Waals surface area contributed by atoms with Crippen molar-refractivity contribution >= 4 is 33.4 Å². The van der Waals surface area contributed by atoms with Crippen LogP contribution in [0.2, 0.25) is 0 Å². The standard InChI is InChI=1S/C18H19N3O3S/c1-12-14-11-15(17(24)20(2)10-6-9-16(22)23)25-18(14)21(19-12)13-7-4-3-5-8-13/h3-5,7-8,11H,6,9-10H2,1-2H3,(H,22,23). The quantitative estimate of drug-likeness (QED) is 0.734. The van der Waals surface area contributed by atoms with Gasteiger partial charge in [-0.25, -0.2) is 4.68 Å². The lowest BCUT2D eigenvalue weighted by molar-refractivity contribution is -0.137. The summed E-state index contributed by atoms with van der Waals surface area (Å²) in [6, 6.07) is 11.7. The Balaban J connectivity index is 1.86. The third-order valence-electron chi connectivity index (χ3n) is 3.99. The van der Waals surface area contributed by atoms with Gasteiger partial charge in [0.15, 0.2) is 0 Å². The van der Waals surface area contributed by atoms with E-state index in [0.717, 1.165) is 21.6 Å². The minimum Gasteiger partial charge on any atom is -0.481 e. The highest BCUT2D eigenvalue weighted by Crippen LogP contribution is 2.31. The molecule has 0 bridgehead atoms. The van der Waals surface area contributed by atoms with Gasteiger partial charge in [-0.05, 0) is 31.5 Å². The van der Waals surface area contributed by atoms with Crippen molar-refractivity contribution in [1.82, 2.24) is 14.7 Å². The van der Waals surface area contributed by atoms with E-state index in [0.29, 0.717) is 17.8 Å². The molecule has 0 unspecified atom stereocenters. The highest BCUT2D eigenvalue weighted by Gasteiger charge is 2.19. The van der Waals surface area contributed by atoms with E-state index in [1.54, 1.807) is 11.9 Å². The first-order valence-electron chi connectivity index (χ1n) is 7.99. The molecule has 0 radical (unpaired) electrons. The second-order valence-electron chi connectivity index (χ2n) is 5.89. The van der Waals surface area contributed by atoms with Gasteiger partial charge in [0.1, 0.15) is 4.83 Å². The highest BCUT2D eigenvalue weighted by molar-refractivity contribution is 7.20. The second kappa shape index (κ2) is 7.06. The molecule has 0 atom stereocenters. The molecule has 2 heterocycles. The Hall–Kier alpha value is -2.67. The fourth-order valence-electron chi connectivity index (χ4n) is 2.65. The van der Waals surface area contributed by atoms with Gasteiger partial charge in [0, 0.05) is 25.4 Å². The second-order valence-corrected chi connectivity index (χ2v) is 6.92. The number of rotatable bonds is 6. The van der Waals surface area contributed by atoms with Crippen LogP contribution in [0, 0.1) is 6.92 Å². The van der Waals surface area contributed by atoms with Gasteiger partial charge in [-0.1, -0.05) is 18.2 Å². The number of hydrogen-bond acceptors (Lipinski definition) is 4. The maximum atomic E-state index is 12.6. The summed E-state index contributed by atoms with van der Waals surface area (Å²) in [6.07, 6.45) is 0.505. The number of carbonyl (C=O) groups is 2. The van der Waals surface area contributed by atoms with Crippen molar-refractivity contribution < 1.29 is 14.7 Å². The third kappa shape index (κ3) is 3.56. The van der Waals surface area contributed by atoms with Gasteiger partial charge >= 0.3 is 5.97 Å². The number of aryl methyl sites for hydroxylation is 1. The van der Waals surface area contributed by atoms with Crippen LogP contribution in [0.3, 0.4) is 0 Å². The summed E-state index contributed by atoms with van der Waals surface area (Å²) in [7, 11) is 1.70. The lowest BCUT2D eigenvalue weighted by Crippen LogP contribution is -2.27. The van der Waals surface area contributed by atoms with E-state index in [-0.39, 0.29) is 12.3 Å². The molecule has 1 amide bonds. The molecule has 0 spiro atoms. The molecule has 2 aromatic heterocycles. The Morgan fingerprint density at radius 2 is 2.00 bits per heavy atom. The van der Waals surface area contributed by atoms with Crippen LogP contribution in [0.4, 0.5) is 0 Å². The largest absolute Gasteiger partial charge is 0.481 e. The number of para-hydroxylation sites is 1. The van der Waals surface area contributed by atoms with Crippen LogP contribution in [0.1, 0.15) is 28.2 Å². The van der Waals surface area contributed by atoms with Gasteiger partial charge in [0.05, 0.1) is 16.3 Å². The fourth-order valence-corrected chi connectivity index (χ4v) is 3.83. The molecule has 0 aliphatic rings. The van der Waals surface area contributed by atoms with E-state index in [1.165, 1.54) is 11.3 Å². The Kier molecular flexibility index (Phi) is 4.85. The zero-order chi connectivity index (χ0) is 18.0. The number of fused-ring (bicyclic) bond motifs is 1. The molecule has 3 rings (SSSR count). The van der Waals surface area contributed by atoms with E-state index in [9.17, 15) is 9.59 Å². The number of carboxylic acid groups (broad SMARTS) is 1. The molecule has 0 saturated carbocycles. The van der Waals surface area contributed by atoms with Crippen LogP contribution in [0.5, 0.6) is 0 Å². The molecule has 1 N–H and O–H groups in total. The van der Waals surface area contributed by atoms with Crippen LogP contribution < -0.4 is 0 Å². The van der Waals surface area contributed by atoms with Crippen molar-refractivity contribution in [3.63, 3.8) is 0 Å². The van der Waals surface area contributed by atoms with Gasteiger partial charge in [-0.15, -0.1) is 11.3 Å². The van der Waals surface area contributed by atoms with E-state index in [2.05, 4.69) is 5.10 Å². The van der Waals surface area contributed by atoms with Crippen LogP contribution >= 0.6 is 11.3 Å². The minimum absolute atomic E-state index is 0.0616. The number of carboxylic acids is 1. The number of amides is 1. The molecular formula is C18H19N3O3S. The van der Waals surface area contributed by atoms with Crippen molar-refractivity contribution in [1.29, 1.82) is 0 Å². The molecule has 0 fully saturated rings. The Morgan fingerprint density at radius 3 is 2.68 bits per heavy atom. The molecule has 6 nitrogen and oxygen atoms in total. The van der Waals surface area contributed by atoms with E-state index in [1.807, 2.05) is 48.0 Å². The number of benzene rings is 1. The number of thiophene rings is 1. The van der Waals surface area contributed by atoms with Gasteiger partial charge in [-0.2, -0.15) is 5.10 Å². The van der Waals surface area contributed by atoms with Gasteiger partial charge in [0.25, 0.3) is 5.91 Å². The van der Waals surface area contributed by atoms with E-state index >= 15 is 0 Å². The highest BCUT2D eigenvalue weighted by atomic mass is 32.1. The first-order valence-corrected chi connectivity index (χ1v) is 8.81. The predicted octanol–water partition coefficient (Wildman–Crippen LogP) is 3.33. The molecule has 0 saturated heterocycles. The zero-order valence-corrected chi connectivity index (χ0v) is 14.9. The first kappa shape index (κ1) is 17.2. The third-order valence-corrected chi connectivity index (χ3v) is 5.09. The number of aromatic nitrogens is 2. The summed E-state index contributed by atoms with van der Waals surface area (Å²) in [5.41, 5.74) is 1.83. The average Bonchev–Trinajstić information content (AvgIpc) is 3.15. The molecule has 3 aromatic rings. The maximum absolute atomic E-state index is 12.6. The average molecular weight is 357 g/mol. The van der Waals surface area contributed by atoms with Crippen molar-refractivity contribution in [2.45, 2.75) is 19.8 Å². The summed E-state index contributed by atoms with van der Waals surface area (Å²) in [5.74, 6) is -0.938. The Labute approximate surface area is 149 Å². The number of hydrogen-bond donors (Lipinski definition) is 1. The molecular weight excluding hydrogens is 338 g/mol. The summed E-state index contributed by atoms with van der Waals surface area (Å²) >= 11 is 1.41. The number of carbonyl (C=O) groups excluding carboxylic acids is 1. The van der Waals surface area contributed by atoms with E-state index < -0.39 is 5.97 Å². The number of aliphatic carboxylic acids is 1. The molecule has 1 aromatic carbocycles. The molecule has 7 heteroatoms. The smallest absolute Gasteiger partial charge is 0.303 e. The zero-order valence-electron chi connectivity index (χ0n) is 14.1. The molecule has 130 valence electrons. The van der Waals surface area contributed by atoms with E-state index in [4.69, 9.17) is 5.11 Å². The van der Waals surface area contributed by atoms with Crippen molar-refractivity contribution in [3.05, 3.63) is 47.0 Å². The lowest BCUT2D eigenvalue weighted by atomic mass is 10.2. The van der Waals surface area contributed by atoms with Gasteiger partial charge in [0.2, 0.25) is 0 Å². The van der Waals surface area contributed by atoms with Crippen LogP contribution in [-0.2, 0) is 4.79 Å². The Morgan fingerprint density at radius 1 is 1.28 bits per heavy atom. The van der Waals surface area contributed by atoms with Gasteiger partial charge < -0.3 is 10.0 Å². The minimum atomic E-state index is -0.846. The monoisotopic (exact) mass is 357 g/mol. The SMILES string of the molecule is Cc1nn(-c2ccccc2)c2sc(C(=O)N(C)CCCC(=O)O)cc12. The van der Waals surface area contributed by atoms with Crippen molar-refractivity contribution in [2.75, 3.05) is 13.6 Å². The summed E-state index contributed by atoms with van der Waals surface area (Å²) in [6.45, 7) is 2.35. The predicted molar refractivity (Wildman–Crippen MR) is 97.5 cm³/mol. The normalized spacial score (nSPS) is 11.0. The molecule has 25 heavy (non-hydrogen) atoms. The van der Waals surface area contributed by atoms with Crippen molar-refractivity contribution in [3.8, 4) is 5.69 Å². The van der Waals surface area contributed by atoms with Crippen molar-refractivity contribution in [2.24, 2.45) is 0 Å². The van der Waals surface area contributed by atoms with Crippen LogP contribution in [0.25, 0.3) is 15.9 Å². The van der Waals surface area contributed by atoms with Gasteiger partial charge in [-0.3, -0.25) is 9.59 Å². The first-order chi connectivity index (χ1) is 12.0. The Bertz CT molecular complexity index is 914. The summed E-state index contributed by atoms with van der Waals surface area (Å²) in [4.78, 5) is 26.4. The summed E-state index contributed by atoms with van der Waals surface area (Å²) in [5, 5.41) is 14.2. The van der Waals surface area contributed by atoms with Crippen LogP contribution in [-0.4, -0.2) is 45.3 Å². The number of nitrogens with zero attached hydrogens (tertiary/aromatic N) is 3. The molecule has 0 aliphatic carbocycles. The topological polar surface area (TPSA) is 75.4 Å². The summed E-state index contributed by atoms with van der Waals surface area (Å²) < 4.78 is 1.86. The molecule has 0 aliphatic heterocycles. The maximum Gasteiger partial charge on any atom is 0.303 e. The van der Waals surface area contributed by atoms with Crippen LogP contribution in [0.15, 0.2) is 36.4 Å². The fraction of sp³-hybridized carbons (Fsp3) is 0.278.